The molecule has 0 aromatic heterocycles. The summed E-state index contributed by atoms with van der Waals surface area (Å²) in [5, 5.41) is 3.06. The van der Waals surface area contributed by atoms with Gasteiger partial charge >= 0.3 is 5.97 Å². The fourth-order valence-corrected chi connectivity index (χ4v) is 2.96. The summed E-state index contributed by atoms with van der Waals surface area (Å²) in [6, 6.07) is 8.76. The zero-order chi connectivity index (χ0) is 18.7. The van der Waals surface area contributed by atoms with Crippen LogP contribution in [0.4, 0.5) is 10.1 Å². The zero-order valence-corrected chi connectivity index (χ0v) is 14.9. The summed E-state index contributed by atoms with van der Waals surface area (Å²) in [5.74, 6) is -1.48. The predicted molar refractivity (Wildman–Crippen MR) is 95.1 cm³/mol. The highest BCUT2D eigenvalue weighted by Gasteiger charge is 2.28. The van der Waals surface area contributed by atoms with Gasteiger partial charge in [0, 0.05) is 5.02 Å². The van der Waals surface area contributed by atoms with Crippen molar-refractivity contribution in [3.05, 3.63) is 57.8 Å². The average molecular weight is 398 g/mol. The number of hydrogen-bond acceptors (Lipinski definition) is 4. The van der Waals surface area contributed by atoms with Crippen LogP contribution >= 0.6 is 23.2 Å². The number of rotatable bonds is 4. The molecule has 1 atom stereocenters. The van der Waals surface area contributed by atoms with Crippen LogP contribution in [0, 0.1) is 11.7 Å². The third-order valence-corrected chi connectivity index (χ3v) is 4.36. The maximum absolute atomic E-state index is 13.0. The second kappa shape index (κ2) is 7.93. The molecule has 1 aliphatic heterocycles. The number of carbonyl (C=O) groups is 2. The number of halogens is 3. The molecular formula is C18H14Cl2FNO4. The molecule has 0 radical (unpaired) electrons. The fourth-order valence-electron chi connectivity index (χ4n) is 2.55. The first-order chi connectivity index (χ1) is 12.4. The summed E-state index contributed by atoms with van der Waals surface area (Å²) in [4.78, 5) is 24.1. The Bertz CT molecular complexity index is 859. The van der Waals surface area contributed by atoms with Crippen LogP contribution in [0.5, 0.6) is 5.75 Å². The molecule has 1 amide bonds. The minimum Gasteiger partial charge on any atom is -0.492 e. The van der Waals surface area contributed by atoms with Crippen LogP contribution in [0.1, 0.15) is 5.56 Å². The molecule has 5 nitrogen and oxygen atoms in total. The summed E-state index contributed by atoms with van der Waals surface area (Å²) in [6.45, 7) is -0.315. The van der Waals surface area contributed by atoms with E-state index in [2.05, 4.69) is 5.32 Å². The van der Waals surface area contributed by atoms with Crippen LogP contribution in [0.25, 0.3) is 0 Å². The normalized spacial score (nSPS) is 15.6. The van der Waals surface area contributed by atoms with Crippen molar-refractivity contribution in [2.75, 3.05) is 18.5 Å². The lowest BCUT2D eigenvalue weighted by Gasteiger charge is -2.24. The summed E-state index contributed by atoms with van der Waals surface area (Å²) in [6.07, 6.45) is 0.417. The van der Waals surface area contributed by atoms with Gasteiger partial charge in [-0.05, 0) is 48.4 Å². The molecule has 1 N–H and O–H groups in total. The van der Waals surface area contributed by atoms with Gasteiger partial charge in [-0.15, -0.1) is 0 Å². The maximum atomic E-state index is 13.0. The number of esters is 1. The minimum absolute atomic E-state index is 0.0545. The van der Waals surface area contributed by atoms with Gasteiger partial charge in [0.15, 0.2) is 6.61 Å². The molecule has 0 saturated heterocycles. The second-order valence-electron chi connectivity index (χ2n) is 5.74. The molecule has 0 fully saturated rings. The quantitative estimate of drug-likeness (QED) is 0.795. The highest BCUT2D eigenvalue weighted by molar-refractivity contribution is 6.33. The van der Waals surface area contributed by atoms with Crippen molar-refractivity contribution in [3.8, 4) is 5.75 Å². The Kier molecular flexibility index (Phi) is 5.64. The van der Waals surface area contributed by atoms with Crippen molar-refractivity contribution in [2.45, 2.75) is 6.42 Å². The summed E-state index contributed by atoms with van der Waals surface area (Å²) in [7, 11) is 0. The Morgan fingerprint density at radius 1 is 1.23 bits per heavy atom. The maximum Gasteiger partial charge on any atom is 0.313 e. The number of benzene rings is 2. The van der Waals surface area contributed by atoms with Gasteiger partial charge < -0.3 is 14.8 Å². The van der Waals surface area contributed by atoms with E-state index in [1.807, 2.05) is 0 Å². The Labute approximate surface area is 159 Å². The minimum atomic E-state index is -0.577. The van der Waals surface area contributed by atoms with Crippen LogP contribution in [-0.4, -0.2) is 25.1 Å². The van der Waals surface area contributed by atoms with Crippen molar-refractivity contribution in [2.24, 2.45) is 5.92 Å². The van der Waals surface area contributed by atoms with Gasteiger partial charge in [0.05, 0.1) is 16.6 Å². The molecule has 0 unspecified atom stereocenters. The lowest BCUT2D eigenvalue weighted by atomic mass is 9.97. The Morgan fingerprint density at radius 3 is 2.81 bits per heavy atom. The van der Waals surface area contributed by atoms with E-state index in [9.17, 15) is 14.0 Å². The van der Waals surface area contributed by atoms with Gasteiger partial charge in [-0.3, -0.25) is 9.59 Å². The molecule has 0 spiro atoms. The Balaban J connectivity index is 1.53. The van der Waals surface area contributed by atoms with Gasteiger partial charge in [0.2, 0.25) is 0 Å². The zero-order valence-electron chi connectivity index (χ0n) is 13.4. The number of fused-ring (bicyclic) bond motifs is 1. The topological polar surface area (TPSA) is 64.6 Å². The number of carbonyl (C=O) groups excluding carboxylic acids is 2. The molecule has 0 aliphatic carbocycles. The lowest BCUT2D eigenvalue weighted by molar-refractivity contribution is -0.152. The fraction of sp³-hybridized carbons (Fsp3) is 0.222. The molecule has 1 aliphatic rings. The van der Waals surface area contributed by atoms with Gasteiger partial charge in [-0.2, -0.15) is 0 Å². The van der Waals surface area contributed by atoms with E-state index < -0.39 is 30.2 Å². The number of anilines is 1. The highest BCUT2D eigenvalue weighted by Crippen LogP contribution is 2.30. The van der Waals surface area contributed by atoms with Crippen LogP contribution in [0.2, 0.25) is 10.0 Å². The van der Waals surface area contributed by atoms with E-state index >= 15 is 0 Å². The third-order valence-electron chi connectivity index (χ3n) is 3.81. The number of nitrogens with one attached hydrogen (secondary N) is 1. The van der Waals surface area contributed by atoms with Gasteiger partial charge in [-0.25, -0.2) is 4.39 Å². The molecule has 136 valence electrons. The Hall–Kier alpha value is -2.31. The van der Waals surface area contributed by atoms with Crippen molar-refractivity contribution in [3.63, 3.8) is 0 Å². The largest absolute Gasteiger partial charge is 0.492 e. The van der Waals surface area contributed by atoms with Crippen molar-refractivity contribution in [1.29, 1.82) is 0 Å². The first-order valence-corrected chi connectivity index (χ1v) is 8.51. The molecule has 2 aromatic carbocycles. The lowest BCUT2D eigenvalue weighted by Crippen LogP contribution is -2.32. The molecule has 0 bridgehead atoms. The summed E-state index contributed by atoms with van der Waals surface area (Å²) in [5.41, 5.74) is 1.05. The number of amides is 1. The van der Waals surface area contributed by atoms with Crippen LogP contribution in [0.3, 0.4) is 0 Å². The molecule has 0 saturated carbocycles. The van der Waals surface area contributed by atoms with E-state index in [1.165, 1.54) is 6.07 Å². The smallest absolute Gasteiger partial charge is 0.313 e. The van der Waals surface area contributed by atoms with E-state index in [4.69, 9.17) is 32.7 Å². The van der Waals surface area contributed by atoms with Crippen LogP contribution < -0.4 is 10.1 Å². The van der Waals surface area contributed by atoms with Crippen molar-refractivity contribution in [1.82, 2.24) is 0 Å². The molecule has 3 rings (SSSR count). The standard InChI is InChI=1S/C18H14Cl2FNO4/c19-12-1-4-16-10(6-12)5-11(8-25-16)18(24)26-9-17(23)22-15-3-2-13(21)7-14(15)20/h1-4,6-7,11H,5,8-9H2,(H,22,23)/t11-/m1/s1. The van der Waals surface area contributed by atoms with Crippen LogP contribution in [-0.2, 0) is 20.7 Å². The van der Waals surface area contributed by atoms with E-state index in [1.54, 1.807) is 18.2 Å². The SMILES string of the molecule is O=C(COC(=O)[C@H]1COc2ccc(Cl)cc2C1)Nc1ccc(F)cc1Cl. The van der Waals surface area contributed by atoms with Crippen molar-refractivity contribution >= 4 is 40.8 Å². The molecule has 2 aromatic rings. The first kappa shape index (κ1) is 18.5. The highest BCUT2D eigenvalue weighted by atomic mass is 35.5. The van der Waals surface area contributed by atoms with Gasteiger partial charge in [-0.1, -0.05) is 23.2 Å². The molecule has 26 heavy (non-hydrogen) atoms. The molecule has 8 heteroatoms. The van der Waals surface area contributed by atoms with Crippen LogP contribution in [0.15, 0.2) is 36.4 Å². The van der Waals surface area contributed by atoms with E-state index in [-0.39, 0.29) is 17.3 Å². The molecular weight excluding hydrogens is 384 g/mol. The average Bonchev–Trinajstić information content (AvgIpc) is 2.61. The number of ether oxygens (including phenoxy) is 2. The van der Waals surface area contributed by atoms with E-state index in [0.717, 1.165) is 17.7 Å². The monoisotopic (exact) mass is 397 g/mol. The predicted octanol–water partition coefficient (Wildman–Crippen LogP) is 3.87. The molecule has 1 heterocycles. The third kappa shape index (κ3) is 4.45. The Morgan fingerprint density at radius 2 is 2.04 bits per heavy atom. The first-order valence-electron chi connectivity index (χ1n) is 7.75. The van der Waals surface area contributed by atoms with Gasteiger partial charge in [0.25, 0.3) is 5.91 Å². The second-order valence-corrected chi connectivity index (χ2v) is 6.59. The van der Waals surface area contributed by atoms with Crippen molar-refractivity contribution < 1.29 is 23.5 Å². The summed E-state index contributed by atoms with van der Waals surface area (Å²) >= 11 is 11.8. The number of hydrogen-bond donors (Lipinski definition) is 1. The summed E-state index contributed by atoms with van der Waals surface area (Å²) < 4.78 is 23.6. The van der Waals surface area contributed by atoms with Gasteiger partial charge in [0.1, 0.15) is 18.2 Å². The van der Waals surface area contributed by atoms with E-state index in [0.29, 0.717) is 17.2 Å².